The van der Waals surface area contributed by atoms with Gasteiger partial charge >= 0.3 is 0 Å². The van der Waals surface area contributed by atoms with E-state index in [1.807, 2.05) is 0 Å². The van der Waals surface area contributed by atoms with Crippen LogP contribution >= 0.6 is 12.4 Å². The second-order valence-electron chi connectivity index (χ2n) is 4.91. The number of piperazine rings is 1. The summed E-state index contributed by atoms with van der Waals surface area (Å²) in [5.41, 5.74) is 0.824. The molecule has 1 N–H and O–H groups in total. The van der Waals surface area contributed by atoms with Crippen molar-refractivity contribution in [3.05, 3.63) is 35.4 Å². The molecule has 2 unspecified atom stereocenters. The van der Waals surface area contributed by atoms with Crippen molar-refractivity contribution in [1.29, 1.82) is 0 Å². The SMILES string of the molecule is CC1CN(Cc2ccc(F)c(F)c2)CC(C)N1.Cl. The molecule has 1 fully saturated rings. The number of nitrogens with one attached hydrogen (secondary N) is 1. The van der Waals surface area contributed by atoms with Crippen molar-refractivity contribution in [2.24, 2.45) is 0 Å². The first-order chi connectivity index (χ1) is 8.04. The van der Waals surface area contributed by atoms with Crippen LogP contribution in [-0.4, -0.2) is 30.1 Å². The van der Waals surface area contributed by atoms with Gasteiger partial charge in [0.05, 0.1) is 0 Å². The molecule has 2 atom stereocenters. The maximum Gasteiger partial charge on any atom is 0.159 e. The lowest BCUT2D eigenvalue weighted by molar-refractivity contribution is 0.166. The van der Waals surface area contributed by atoms with Crippen LogP contribution in [-0.2, 0) is 6.54 Å². The summed E-state index contributed by atoms with van der Waals surface area (Å²) in [6, 6.07) is 5.00. The van der Waals surface area contributed by atoms with Crippen LogP contribution in [0.15, 0.2) is 18.2 Å². The van der Waals surface area contributed by atoms with E-state index in [0.29, 0.717) is 18.6 Å². The average molecular weight is 277 g/mol. The van der Waals surface area contributed by atoms with Gasteiger partial charge in [-0.2, -0.15) is 0 Å². The van der Waals surface area contributed by atoms with Crippen LogP contribution in [0.25, 0.3) is 0 Å². The van der Waals surface area contributed by atoms with Gasteiger partial charge in [0.25, 0.3) is 0 Å². The molecule has 0 radical (unpaired) electrons. The zero-order valence-corrected chi connectivity index (χ0v) is 11.4. The largest absolute Gasteiger partial charge is 0.309 e. The third-order valence-electron chi connectivity index (χ3n) is 3.02. The summed E-state index contributed by atoms with van der Waals surface area (Å²) in [5.74, 6) is -1.55. The van der Waals surface area contributed by atoms with Crippen molar-refractivity contribution in [1.82, 2.24) is 10.2 Å². The van der Waals surface area contributed by atoms with Crippen LogP contribution in [0.5, 0.6) is 0 Å². The van der Waals surface area contributed by atoms with Gasteiger partial charge in [-0.3, -0.25) is 4.90 Å². The summed E-state index contributed by atoms with van der Waals surface area (Å²) in [7, 11) is 0. The number of hydrogen-bond donors (Lipinski definition) is 1. The number of rotatable bonds is 2. The van der Waals surface area contributed by atoms with Gasteiger partial charge in [-0.1, -0.05) is 6.07 Å². The standard InChI is InChI=1S/C13H18F2N2.ClH/c1-9-6-17(7-10(2)16-9)8-11-3-4-12(14)13(15)5-11;/h3-5,9-10,16H,6-8H2,1-2H3;1H. The molecule has 1 aromatic rings. The fraction of sp³-hybridized carbons (Fsp3) is 0.538. The molecule has 102 valence electrons. The summed E-state index contributed by atoms with van der Waals surface area (Å²) in [4.78, 5) is 2.26. The molecule has 5 heteroatoms. The van der Waals surface area contributed by atoms with Crippen molar-refractivity contribution < 1.29 is 8.78 Å². The van der Waals surface area contributed by atoms with Gasteiger partial charge in [0.2, 0.25) is 0 Å². The Kier molecular flexibility index (Phi) is 5.50. The molecule has 1 aliphatic rings. The zero-order chi connectivity index (χ0) is 12.4. The van der Waals surface area contributed by atoms with Gasteiger partial charge in [0, 0.05) is 31.7 Å². The van der Waals surface area contributed by atoms with Gasteiger partial charge in [0.1, 0.15) is 0 Å². The van der Waals surface area contributed by atoms with Gasteiger partial charge < -0.3 is 5.32 Å². The van der Waals surface area contributed by atoms with Crippen LogP contribution in [0.4, 0.5) is 8.78 Å². The van der Waals surface area contributed by atoms with Gasteiger partial charge in [-0.05, 0) is 31.5 Å². The first kappa shape index (κ1) is 15.3. The highest BCUT2D eigenvalue weighted by Crippen LogP contribution is 2.13. The molecule has 1 heterocycles. The van der Waals surface area contributed by atoms with E-state index in [4.69, 9.17) is 0 Å². The Labute approximate surface area is 113 Å². The van der Waals surface area contributed by atoms with Gasteiger partial charge in [-0.15, -0.1) is 12.4 Å². The first-order valence-corrected chi connectivity index (χ1v) is 5.97. The van der Waals surface area contributed by atoms with E-state index in [1.165, 1.54) is 12.1 Å². The maximum absolute atomic E-state index is 13.1. The number of nitrogens with zero attached hydrogens (tertiary/aromatic N) is 1. The third-order valence-corrected chi connectivity index (χ3v) is 3.02. The topological polar surface area (TPSA) is 15.3 Å². The molecule has 2 nitrogen and oxygen atoms in total. The van der Waals surface area contributed by atoms with E-state index < -0.39 is 11.6 Å². The van der Waals surface area contributed by atoms with E-state index in [-0.39, 0.29) is 12.4 Å². The molecular weight excluding hydrogens is 258 g/mol. The summed E-state index contributed by atoms with van der Waals surface area (Å²) >= 11 is 0. The minimum atomic E-state index is -0.782. The molecule has 0 bridgehead atoms. The fourth-order valence-electron chi connectivity index (χ4n) is 2.47. The Morgan fingerprint density at radius 2 is 1.78 bits per heavy atom. The summed E-state index contributed by atoms with van der Waals surface area (Å²) in [5, 5.41) is 3.44. The highest BCUT2D eigenvalue weighted by atomic mass is 35.5. The molecule has 0 aliphatic carbocycles. The lowest BCUT2D eigenvalue weighted by atomic mass is 10.1. The maximum atomic E-state index is 13.1. The van der Waals surface area contributed by atoms with Crippen molar-refractivity contribution in [2.45, 2.75) is 32.5 Å². The molecule has 0 spiro atoms. The Hall–Kier alpha value is -0.710. The molecule has 18 heavy (non-hydrogen) atoms. The molecule has 1 aromatic carbocycles. The second-order valence-corrected chi connectivity index (χ2v) is 4.91. The Bertz CT molecular complexity index is 391. The smallest absolute Gasteiger partial charge is 0.159 e. The van der Waals surface area contributed by atoms with Crippen molar-refractivity contribution in [3.63, 3.8) is 0 Å². The lowest BCUT2D eigenvalue weighted by Crippen LogP contribution is -2.53. The minimum absolute atomic E-state index is 0. The van der Waals surface area contributed by atoms with Gasteiger partial charge in [0.15, 0.2) is 11.6 Å². The highest BCUT2D eigenvalue weighted by molar-refractivity contribution is 5.85. The molecule has 0 amide bonds. The quantitative estimate of drug-likeness (QED) is 0.893. The molecule has 1 saturated heterocycles. The van der Waals surface area contributed by atoms with E-state index in [9.17, 15) is 8.78 Å². The molecule has 1 aliphatic heterocycles. The second kappa shape index (κ2) is 6.45. The zero-order valence-electron chi connectivity index (χ0n) is 10.6. The monoisotopic (exact) mass is 276 g/mol. The molecule has 0 aromatic heterocycles. The fourth-order valence-corrected chi connectivity index (χ4v) is 2.47. The van der Waals surface area contributed by atoms with E-state index in [2.05, 4.69) is 24.1 Å². The predicted molar refractivity (Wildman–Crippen MR) is 70.9 cm³/mol. The lowest BCUT2D eigenvalue weighted by Gasteiger charge is -2.36. The number of halogens is 3. The normalized spacial score (nSPS) is 24.7. The minimum Gasteiger partial charge on any atom is -0.309 e. The van der Waals surface area contributed by atoms with Crippen LogP contribution in [0.3, 0.4) is 0 Å². The summed E-state index contributed by atoms with van der Waals surface area (Å²) < 4.78 is 25.9. The van der Waals surface area contributed by atoms with Crippen molar-refractivity contribution >= 4 is 12.4 Å². The number of hydrogen-bond acceptors (Lipinski definition) is 2. The molecule has 0 saturated carbocycles. The Morgan fingerprint density at radius 1 is 1.17 bits per heavy atom. The van der Waals surface area contributed by atoms with E-state index in [0.717, 1.165) is 18.7 Å². The van der Waals surface area contributed by atoms with Crippen LogP contribution in [0.1, 0.15) is 19.4 Å². The highest BCUT2D eigenvalue weighted by Gasteiger charge is 2.20. The van der Waals surface area contributed by atoms with Gasteiger partial charge in [-0.25, -0.2) is 8.78 Å². The van der Waals surface area contributed by atoms with Crippen molar-refractivity contribution in [2.75, 3.05) is 13.1 Å². The number of benzene rings is 1. The van der Waals surface area contributed by atoms with Crippen molar-refractivity contribution in [3.8, 4) is 0 Å². The van der Waals surface area contributed by atoms with E-state index in [1.54, 1.807) is 6.07 Å². The van der Waals surface area contributed by atoms with E-state index >= 15 is 0 Å². The first-order valence-electron chi connectivity index (χ1n) is 5.97. The summed E-state index contributed by atoms with van der Waals surface area (Å²) in [6.07, 6.45) is 0. The predicted octanol–water partition coefficient (Wildman–Crippen LogP) is 2.57. The van der Waals surface area contributed by atoms with Crippen LogP contribution in [0, 0.1) is 11.6 Å². The Balaban J connectivity index is 0.00000162. The molecular formula is C13H19ClF2N2. The Morgan fingerprint density at radius 3 is 2.33 bits per heavy atom. The van der Waals surface area contributed by atoms with Crippen LogP contribution in [0.2, 0.25) is 0 Å². The average Bonchev–Trinajstić information content (AvgIpc) is 2.22. The molecule has 2 rings (SSSR count). The summed E-state index contributed by atoms with van der Waals surface area (Å²) in [6.45, 7) is 6.81. The third kappa shape index (κ3) is 3.90. The van der Waals surface area contributed by atoms with Crippen LogP contribution < -0.4 is 5.32 Å².